The van der Waals surface area contributed by atoms with Gasteiger partial charge in [0.2, 0.25) is 11.8 Å². The van der Waals surface area contributed by atoms with Crippen LogP contribution in [0.3, 0.4) is 0 Å². The van der Waals surface area contributed by atoms with Crippen LogP contribution < -0.4 is 5.32 Å². The lowest BCUT2D eigenvalue weighted by Crippen LogP contribution is -2.44. The van der Waals surface area contributed by atoms with Crippen LogP contribution in [0.1, 0.15) is 18.9 Å². The third-order valence-corrected chi connectivity index (χ3v) is 4.52. The van der Waals surface area contributed by atoms with Gasteiger partial charge in [-0.3, -0.25) is 9.59 Å². The number of aryl methyl sites for hydroxylation is 1. The number of nitrogens with zero attached hydrogens (tertiary/aromatic N) is 1. The first kappa shape index (κ1) is 15.2. The average molecular weight is 313 g/mol. The summed E-state index contributed by atoms with van der Waals surface area (Å²) in [7, 11) is 0. The van der Waals surface area contributed by atoms with Gasteiger partial charge in [0, 0.05) is 12.2 Å². The average Bonchev–Trinajstić information content (AvgIpc) is 2.90. The van der Waals surface area contributed by atoms with Crippen LogP contribution in [0.2, 0.25) is 5.02 Å². The number of hydrogen-bond acceptors (Lipinski definition) is 3. The number of anilines is 1. The van der Waals surface area contributed by atoms with Crippen LogP contribution in [0.4, 0.5) is 5.69 Å². The fourth-order valence-electron chi connectivity index (χ4n) is 2.05. The van der Waals surface area contributed by atoms with Crippen LogP contribution >= 0.6 is 23.4 Å². The minimum atomic E-state index is -0.412. The van der Waals surface area contributed by atoms with Crippen LogP contribution in [-0.4, -0.2) is 34.4 Å². The van der Waals surface area contributed by atoms with Crippen molar-refractivity contribution in [2.45, 2.75) is 26.3 Å². The van der Waals surface area contributed by atoms with Gasteiger partial charge in [-0.1, -0.05) is 24.6 Å². The molecule has 0 spiro atoms. The molecule has 1 atom stereocenters. The molecule has 1 fully saturated rings. The van der Waals surface area contributed by atoms with Crippen molar-refractivity contribution in [3.8, 4) is 0 Å². The topological polar surface area (TPSA) is 49.4 Å². The van der Waals surface area contributed by atoms with Gasteiger partial charge in [0.15, 0.2) is 0 Å². The predicted molar refractivity (Wildman–Crippen MR) is 83.1 cm³/mol. The van der Waals surface area contributed by atoms with E-state index < -0.39 is 6.04 Å². The molecule has 1 aromatic rings. The molecule has 0 aromatic heterocycles. The molecule has 1 aliphatic rings. The molecule has 0 radical (unpaired) electrons. The van der Waals surface area contributed by atoms with Crippen molar-refractivity contribution < 1.29 is 9.59 Å². The second kappa shape index (κ2) is 6.50. The van der Waals surface area contributed by atoms with E-state index >= 15 is 0 Å². The molecule has 2 rings (SSSR count). The molecule has 1 saturated heterocycles. The maximum atomic E-state index is 12.3. The van der Waals surface area contributed by atoms with Crippen molar-refractivity contribution in [1.29, 1.82) is 0 Å². The van der Waals surface area contributed by atoms with Gasteiger partial charge in [-0.05, 0) is 24.6 Å². The largest absolute Gasteiger partial charge is 0.323 e. The Labute approximate surface area is 127 Å². The molecule has 0 bridgehead atoms. The number of amides is 2. The summed E-state index contributed by atoms with van der Waals surface area (Å²) in [4.78, 5) is 25.7. The molecule has 1 N–H and O–H groups in total. The summed E-state index contributed by atoms with van der Waals surface area (Å²) in [5.41, 5.74) is 1.62. The fourth-order valence-corrected chi connectivity index (χ4v) is 3.51. The van der Waals surface area contributed by atoms with Crippen molar-refractivity contribution in [2.24, 2.45) is 0 Å². The molecule has 108 valence electrons. The number of carbonyl (C=O) groups excluding carboxylic acids is 2. The van der Waals surface area contributed by atoms with Crippen LogP contribution in [0.15, 0.2) is 18.2 Å². The lowest BCUT2D eigenvalue weighted by molar-refractivity contribution is -0.135. The number of rotatable bonds is 3. The first-order valence-corrected chi connectivity index (χ1v) is 8.00. The van der Waals surface area contributed by atoms with Gasteiger partial charge >= 0.3 is 0 Å². The zero-order valence-electron chi connectivity index (χ0n) is 11.5. The minimum Gasteiger partial charge on any atom is -0.323 e. The number of thioether (sulfide) groups is 1. The Morgan fingerprint density at radius 3 is 2.90 bits per heavy atom. The van der Waals surface area contributed by atoms with E-state index in [0.29, 0.717) is 28.8 Å². The molecule has 2 amide bonds. The summed E-state index contributed by atoms with van der Waals surface area (Å²) >= 11 is 7.70. The molecule has 20 heavy (non-hydrogen) atoms. The van der Waals surface area contributed by atoms with Crippen LogP contribution in [0.25, 0.3) is 0 Å². The molecule has 4 nitrogen and oxygen atoms in total. The van der Waals surface area contributed by atoms with Gasteiger partial charge in [-0.15, -0.1) is 11.8 Å². The van der Waals surface area contributed by atoms with E-state index in [2.05, 4.69) is 5.32 Å². The number of carbonyl (C=O) groups is 2. The van der Waals surface area contributed by atoms with E-state index in [9.17, 15) is 9.59 Å². The molecule has 1 aromatic carbocycles. The summed E-state index contributed by atoms with van der Waals surface area (Å²) in [6.45, 7) is 3.74. The van der Waals surface area contributed by atoms with Crippen molar-refractivity contribution in [3.63, 3.8) is 0 Å². The molecule has 1 aliphatic heterocycles. The zero-order valence-corrected chi connectivity index (χ0v) is 13.1. The monoisotopic (exact) mass is 312 g/mol. The summed E-state index contributed by atoms with van der Waals surface area (Å²) in [6, 6.07) is 5.06. The van der Waals surface area contributed by atoms with Gasteiger partial charge in [0.05, 0.1) is 16.6 Å². The van der Waals surface area contributed by atoms with Crippen LogP contribution in [0.5, 0.6) is 0 Å². The van der Waals surface area contributed by atoms with Crippen LogP contribution in [0, 0.1) is 6.92 Å². The van der Waals surface area contributed by atoms with Crippen molar-refractivity contribution in [1.82, 2.24) is 4.90 Å². The second-order valence-electron chi connectivity index (χ2n) is 4.71. The molecule has 0 aliphatic carbocycles. The van der Waals surface area contributed by atoms with Crippen LogP contribution in [-0.2, 0) is 9.59 Å². The summed E-state index contributed by atoms with van der Waals surface area (Å²) in [5.74, 6) is 1.03. The third-order valence-electron chi connectivity index (χ3n) is 3.19. The Morgan fingerprint density at radius 1 is 1.50 bits per heavy atom. The smallest absolute Gasteiger partial charge is 0.248 e. The molecular weight excluding hydrogens is 296 g/mol. The van der Waals surface area contributed by atoms with Gasteiger partial charge in [-0.2, -0.15) is 0 Å². The summed E-state index contributed by atoms with van der Waals surface area (Å²) in [6.07, 6.45) is 0.412. The van der Waals surface area contributed by atoms with E-state index in [4.69, 9.17) is 11.6 Å². The molecule has 0 saturated carbocycles. The predicted octanol–water partition coefficient (Wildman–Crippen LogP) is 2.90. The van der Waals surface area contributed by atoms with Gasteiger partial charge in [0.1, 0.15) is 6.04 Å². The van der Waals surface area contributed by atoms with Crippen molar-refractivity contribution in [3.05, 3.63) is 28.8 Å². The third kappa shape index (κ3) is 3.27. The summed E-state index contributed by atoms with van der Waals surface area (Å²) in [5, 5.41) is 3.32. The highest BCUT2D eigenvalue weighted by molar-refractivity contribution is 7.99. The van der Waals surface area contributed by atoms with E-state index in [1.807, 2.05) is 13.0 Å². The summed E-state index contributed by atoms with van der Waals surface area (Å²) < 4.78 is 0. The van der Waals surface area contributed by atoms with E-state index in [0.717, 1.165) is 5.56 Å². The number of nitrogens with one attached hydrogen (secondary N) is 1. The van der Waals surface area contributed by atoms with E-state index in [1.54, 1.807) is 35.7 Å². The van der Waals surface area contributed by atoms with Crippen molar-refractivity contribution >= 4 is 40.9 Å². The fraction of sp³-hybridized carbons (Fsp3) is 0.429. The maximum absolute atomic E-state index is 12.3. The molecular formula is C14H17ClN2O2S. The van der Waals surface area contributed by atoms with E-state index in [1.165, 1.54) is 0 Å². The quantitative estimate of drug-likeness (QED) is 0.933. The highest BCUT2D eigenvalue weighted by Gasteiger charge is 2.33. The highest BCUT2D eigenvalue weighted by Crippen LogP contribution is 2.26. The van der Waals surface area contributed by atoms with Gasteiger partial charge < -0.3 is 10.2 Å². The first-order chi connectivity index (χ1) is 9.52. The Bertz CT molecular complexity index is 536. The lowest BCUT2D eigenvalue weighted by Gasteiger charge is -2.22. The number of hydrogen-bond donors (Lipinski definition) is 1. The Kier molecular flexibility index (Phi) is 4.94. The van der Waals surface area contributed by atoms with Gasteiger partial charge in [-0.25, -0.2) is 0 Å². The second-order valence-corrected chi connectivity index (χ2v) is 6.11. The van der Waals surface area contributed by atoms with E-state index in [-0.39, 0.29) is 11.8 Å². The number of halogens is 1. The normalized spacial score (nSPS) is 18.1. The molecule has 1 heterocycles. The standard InChI is InChI=1S/C14H17ClN2O2S/c1-3-13(18)17-8-20-7-12(17)14(19)16-11-5-4-9(2)6-10(11)15/h4-6,12H,3,7-8H2,1-2H3,(H,16,19)/t12-/m0/s1. The van der Waals surface area contributed by atoms with Gasteiger partial charge in [0.25, 0.3) is 0 Å². The lowest BCUT2D eigenvalue weighted by atomic mass is 10.2. The number of benzene rings is 1. The first-order valence-electron chi connectivity index (χ1n) is 6.47. The Balaban J connectivity index is 2.09. The maximum Gasteiger partial charge on any atom is 0.248 e. The Hall–Kier alpha value is -1.20. The highest BCUT2D eigenvalue weighted by atomic mass is 35.5. The van der Waals surface area contributed by atoms with Crippen molar-refractivity contribution in [2.75, 3.05) is 16.9 Å². The molecule has 6 heteroatoms. The molecule has 0 unspecified atom stereocenters. The SMILES string of the molecule is CCC(=O)N1CSC[C@H]1C(=O)Nc1ccc(C)cc1Cl. The minimum absolute atomic E-state index is 0.00477. The Morgan fingerprint density at radius 2 is 2.25 bits per heavy atom. The zero-order chi connectivity index (χ0) is 14.7.